The summed E-state index contributed by atoms with van der Waals surface area (Å²) in [7, 11) is 0. The third-order valence-corrected chi connectivity index (χ3v) is 2.03. The van der Waals surface area contributed by atoms with E-state index < -0.39 is 11.8 Å². The Kier molecular flexibility index (Phi) is 1.89. The highest BCUT2D eigenvalue weighted by Gasteiger charge is 2.15. The number of halogens is 2. The summed E-state index contributed by atoms with van der Waals surface area (Å²) in [5.41, 5.74) is 0.366. The SMILES string of the molecule is O=C(O)c1nc(Cl)c2ccc(F)cn12. The Labute approximate surface area is 82.6 Å². The van der Waals surface area contributed by atoms with E-state index in [0.717, 1.165) is 10.6 Å². The first-order chi connectivity index (χ1) is 6.59. The molecule has 0 spiro atoms. The first kappa shape index (κ1) is 8.96. The Morgan fingerprint density at radius 1 is 1.57 bits per heavy atom. The van der Waals surface area contributed by atoms with Crippen LogP contribution in [0.3, 0.4) is 0 Å². The Morgan fingerprint density at radius 2 is 2.29 bits per heavy atom. The zero-order valence-corrected chi connectivity index (χ0v) is 7.49. The van der Waals surface area contributed by atoms with Gasteiger partial charge in [0, 0.05) is 6.20 Å². The van der Waals surface area contributed by atoms with Crippen LogP contribution in [0, 0.1) is 5.82 Å². The molecule has 0 aromatic carbocycles. The number of aromatic nitrogens is 2. The van der Waals surface area contributed by atoms with Crippen molar-refractivity contribution in [1.82, 2.24) is 9.38 Å². The topological polar surface area (TPSA) is 54.6 Å². The molecule has 6 heteroatoms. The van der Waals surface area contributed by atoms with E-state index in [2.05, 4.69) is 4.98 Å². The van der Waals surface area contributed by atoms with Gasteiger partial charge in [-0.1, -0.05) is 11.6 Å². The van der Waals surface area contributed by atoms with Crippen molar-refractivity contribution in [2.24, 2.45) is 0 Å². The molecule has 0 saturated carbocycles. The van der Waals surface area contributed by atoms with Crippen molar-refractivity contribution in [3.05, 3.63) is 35.1 Å². The number of aromatic carboxylic acids is 1. The summed E-state index contributed by atoms with van der Waals surface area (Å²) >= 11 is 5.66. The number of fused-ring (bicyclic) bond motifs is 1. The Hall–Kier alpha value is -1.62. The zero-order chi connectivity index (χ0) is 10.3. The monoisotopic (exact) mass is 214 g/mol. The largest absolute Gasteiger partial charge is 0.475 e. The second kappa shape index (κ2) is 2.95. The van der Waals surface area contributed by atoms with Gasteiger partial charge in [0.05, 0.1) is 5.52 Å². The fraction of sp³-hybridized carbons (Fsp3) is 0. The Balaban J connectivity index is 2.85. The van der Waals surface area contributed by atoms with Crippen molar-refractivity contribution in [1.29, 1.82) is 0 Å². The van der Waals surface area contributed by atoms with Crippen molar-refractivity contribution in [3.63, 3.8) is 0 Å². The van der Waals surface area contributed by atoms with E-state index in [9.17, 15) is 9.18 Å². The molecule has 0 atom stereocenters. The molecule has 0 radical (unpaired) electrons. The number of nitrogens with zero attached hydrogens (tertiary/aromatic N) is 2. The quantitative estimate of drug-likeness (QED) is 0.788. The number of hydrogen-bond donors (Lipinski definition) is 1. The van der Waals surface area contributed by atoms with Crippen molar-refractivity contribution in [2.45, 2.75) is 0 Å². The molecule has 0 aliphatic rings. The van der Waals surface area contributed by atoms with Crippen LogP contribution in [0.1, 0.15) is 10.6 Å². The van der Waals surface area contributed by atoms with E-state index in [1.165, 1.54) is 12.1 Å². The van der Waals surface area contributed by atoms with Crippen LogP contribution in [0.5, 0.6) is 0 Å². The maximum Gasteiger partial charge on any atom is 0.372 e. The fourth-order valence-corrected chi connectivity index (χ4v) is 1.41. The molecule has 2 rings (SSSR count). The molecule has 14 heavy (non-hydrogen) atoms. The zero-order valence-electron chi connectivity index (χ0n) is 6.74. The Bertz CT molecular complexity index is 523. The van der Waals surface area contributed by atoms with Gasteiger partial charge in [0.1, 0.15) is 5.82 Å². The molecule has 0 fully saturated rings. The predicted octanol–water partition coefficient (Wildman–Crippen LogP) is 1.82. The summed E-state index contributed by atoms with van der Waals surface area (Å²) < 4.78 is 13.9. The van der Waals surface area contributed by atoms with Crippen LogP contribution >= 0.6 is 11.6 Å². The lowest BCUT2D eigenvalue weighted by atomic mass is 10.4. The Morgan fingerprint density at radius 3 is 2.93 bits per heavy atom. The summed E-state index contributed by atoms with van der Waals surface area (Å²) in [4.78, 5) is 14.3. The first-order valence-corrected chi connectivity index (χ1v) is 4.04. The van der Waals surface area contributed by atoms with E-state index in [1.807, 2.05) is 0 Å². The second-order valence-corrected chi connectivity index (χ2v) is 2.99. The van der Waals surface area contributed by atoms with Crippen LogP contribution in [0.4, 0.5) is 4.39 Å². The minimum Gasteiger partial charge on any atom is -0.475 e. The molecule has 0 aliphatic heterocycles. The molecule has 2 aromatic heterocycles. The van der Waals surface area contributed by atoms with Crippen molar-refractivity contribution >= 4 is 23.1 Å². The maximum absolute atomic E-state index is 12.8. The highest BCUT2D eigenvalue weighted by atomic mass is 35.5. The summed E-state index contributed by atoms with van der Waals surface area (Å²) in [5, 5.41) is 8.77. The van der Waals surface area contributed by atoms with Gasteiger partial charge in [0.2, 0.25) is 5.82 Å². The molecule has 1 N–H and O–H groups in total. The molecule has 0 bridgehead atoms. The number of carbonyl (C=O) groups is 1. The molecule has 2 aromatic rings. The number of carboxylic acid groups (broad SMARTS) is 1. The van der Waals surface area contributed by atoms with Crippen molar-refractivity contribution in [2.75, 3.05) is 0 Å². The van der Waals surface area contributed by atoms with Gasteiger partial charge in [-0.2, -0.15) is 0 Å². The van der Waals surface area contributed by atoms with E-state index in [4.69, 9.17) is 16.7 Å². The lowest BCUT2D eigenvalue weighted by Gasteiger charge is -1.95. The summed E-state index contributed by atoms with van der Waals surface area (Å²) in [5.74, 6) is -2.10. The minimum absolute atomic E-state index is 0.0439. The van der Waals surface area contributed by atoms with E-state index in [1.54, 1.807) is 0 Å². The predicted molar refractivity (Wildman–Crippen MR) is 47.1 cm³/mol. The molecule has 0 amide bonds. The molecule has 2 heterocycles. The van der Waals surface area contributed by atoms with Gasteiger partial charge in [0.15, 0.2) is 5.15 Å². The van der Waals surface area contributed by atoms with Gasteiger partial charge in [-0.15, -0.1) is 0 Å². The van der Waals surface area contributed by atoms with Gasteiger partial charge in [-0.25, -0.2) is 14.2 Å². The average molecular weight is 215 g/mol. The van der Waals surface area contributed by atoms with Crippen LogP contribution in [0.25, 0.3) is 5.52 Å². The lowest BCUT2D eigenvalue weighted by molar-refractivity contribution is 0.0683. The lowest BCUT2D eigenvalue weighted by Crippen LogP contribution is -2.03. The number of pyridine rings is 1. The summed E-state index contributed by atoms with van der Waals surface area (Å²) in [6, 6.07) is 2.56. The molecule has 4 nitrogen and oxygen atoms in total. The third kappa shape index (κ3) is 1.22. The van der Waals surface area contributed by atoms with Crippen molar-refractivity contribution < 1.29 is 14.3 Å². The van der Waals surface area contributed by atoms with Gasteiger partial charge in [-0.3, -0.25) is 4.40 Å². The highest BCUT2D eigenvalue weighted by molar-refractivity contribution is 6.32. The normalized spacial score (nSPS) is 10.7. The average Bonchev–Trinajstić information content (AvgIpc) is 2.43. The molecular weight excluding hydrogens is 211 g/mol. The molecule has 0 aliphatic carbocycles. The van der Waals surface area contributed by atoms with Crippen molar-refractivity contribution in [3.8, 4) is 0 Å². The fourth-order valence-electron chi connectivity index (χ4n) is 1.17. The van der Waals surface area contributed by atoms with Crippen LogP contribution in [0.2, 0.25) is 5.15 Å². The van der Waals surface area contributed by atoms with E-state index in [0.29, 0.717) is 5.52 Å². The van der Waals surface area contributed by atoms with Gasteiger partial charge in [0.25, 0.3) is 0 Å². The number of hydrogen-bond acceptors (Lipinski definition) is 2. The van der Waals surface area contributed by atoms with Crippen LogP contribution in [0.15, 0.2) is 18.3 Å². The van der Waals surface area contributed by atoms with Gasteiger partial charge < -0.3 is 5.11 Å². The summed E-state index contributed by atoms with van der Waals surface area (Å²) in [6.45, 7) is 0. The maximum atomic E-state index is 12.8. The van der Waals surface area contributed by atoms with Crippen LogP contribution < -0.4 is 0 Å². The standard InChI is InChI=1S/C8H4ClFN2O2/c9-6-5-2-1-4(10)3-12(5)7(11-6)8(13)14/h1-3H,(H,13,14). The summed E-state index contributed by atoms with van der Waals surface area (Å²) in [6.07, 6.45) is 1.03. The van der Waals surface area contributed by atoms with Gasteiger partial charge >= 0.3 is 5.97 Å². The van der Waals surface area contributed by atoms with E-state index in [-0.39, 0.29) is 11.0 Å². The first-order valence-electron chi connectivity index (χ1n) is 3.66. The molecule has 0 saturated heterocycles. The van der Waals surface area contributed by atoms with Crippen LogP contribution in [-0.4, -0.2) is 20.5 Å². The minimum atomic E-state index is -1.25. The van der Waals surface area contributed by atoms with Crippen LogP contribution in [-0.2, 0) is 0 Å². The van der Waals surface area contributed by atoms with Gasteiger partial charge in [-0.05, 0) is 12.1 Å². The molecule has 72 valence electrons. The smallest absolute Gasteiger partial charge is 0.372 e. The molecular formula is C8H4ClFN2O2. The third-order valence-electron chi connectivity index (χ3n) is 1.75. The molecule has 0 unspecified atom stereocenters. The number of carboxylic acids is 1. The highest BCUT2D eigenvalue weighted by Crippen LogP contribution is 2.18. The number of rotatable bonds is 1. The number of imidazole rings is 1. The second-order valence-electron chi connectivity index (χ2n) is 2.63. The van der Waals surface area contributed by atoms with E-state index >= 15 is 0 Å².